The third-order valence-electron chi connectivity index (χ3n) is 3.56. The highest BCUT2D eigenvalue weighted by atomic mass is 19.4. The first-order valence-electron chi connectivity index (χ1n) is 6.91. The fraction of sp³-hybridized carbons (Fsp3) is 0.769. The smallest absolute Gasteiger partial charge is 0.460 e. The Bertz CT molecular complexity index is 579. The van der Waals surface area contributed by atoms with Crippen molar-refractivity contribution in [3.63, 3.8) is 0 Å². The molecule has 0 aliphatic carbocycles. The number of carbonyl (C=O) groups is 1. The van der Waals surface area contributed by atoms with E-state index in [0.717, 1.165) is 0 Å². The fourth-order valence-electron chi connectivity index (χ4n) is 1.76. The topological polar surface area (TPSA) is 26.3 Å². The molecule has 0 heterocycles. The zero-order valence-corrected chi connectivity index (χ0v) is 13.5. The molecule has 0 aromatic heterocycles. The van der Waals surface area contributed by atoms with Crippen LogP contribution in [0.25, 0.3) is 0 Å². The lowest BCUT2D eigenvalue weighted by atomic mass is 9.86. The Morgan fingerprint density at radius 2 is 1.21 bits per heavy atom. The summed E-state index contributed by atoms with van der Waals surface area (Å²) in [6.45, 7) is 1.62. The summed E-state index contributed by atoms with van der Waals surface area (Å²) in [5, 5.41) is 0. The molecule has 0 amide bonds. The van der Waals surface area contributed by atoms with E-state index in [0.29, 0.717) is 13.0 Å². The molecule has 166 valence electrons. The molecule has 0 rings (SSSR count). The molecule has 0 aromatic rings. The molecule has 0 radical (unpaired) electrons. The maximum absolute atomic E-state index is 13.8. The number of halogens is 13. The third kappa shape index (κ3) is 3.88. The minimum Gasteiger partial charge on any atom is -0.462 e. The zero-order valence-electron chi connectivity index (χ0n) is 13.5. The summed E-state index contributed by atoms with van der Waals surface area (Å²) in [6, 6.07) is 0. The molecular formula is C13H11F13O2. The van der Waals surface area contributed by atoms with E-state index in [1.54, 1.807) is 0 Å². The van der Waals surface area contributed by atoms with E-state index in [1.807, 2.05) is 0 Å². The van der Waals surface area contributed by atoms with Gasteiger partial charge >= 0.3 is 41.8 Å². The molecule has 0 N–H and O–H groups in total. The van der Waals surface area contributed by atoms with E-state index in [1.165, 1.54) is 0 Å². The minimum absolute atomic E-state index is 0.329. The maximum Gasteiger partial charge on any atom is 0.460 e. The van der Waals surface area contributed by atoms with Crippen molar-refractivity contribution < 1.29 is 66.6 Å². The first kappa shape index (κ1) is 26.3. The normalized spacial score (nSPS) is 15.9. The second-order valence-electron chi connectivity index (χ2n) is 5.36. The van der Waals surface area contributed by atoms with Gasteiger partial charge in [0.2, 0.25) is 0 Å². The van der Waals surface area contributed by atoms with Crippen LogP contribution >= 0.6 is 0 Å². The van der Waals surface area contributed by atoms with Gasteiger partial charge in [-0.15, -0.1) is 0 Å². The Morgan fingerprint density at radius 3 is 1.54 bits per heavy atom. The maximum atomic E-state index is 13.8. The van der Waals surface area contributed by atoms with Crippen LogP contribution in [0.4, 0.5) is 57.1 Å². The van der Waals surface area contributed by atoms with Gasteiger partial charge in [-0.2, -0.15) is 57.1 Å². The molecule has 0 aliphatic heterocycles. The predicted molar refractivity (Wildman–Crippen MR) is 65.7 cm³/mol. The van der Waals surface area contributed by atoms with E-state index in [-0.39, 0.29) is 0 Å². The first-order chi connectivity index (χ1) is 12.2. The SMILES string of the molecule is C=CC(=O)OCC(CC)C(F)(F)C(F)(F)C(F)(F)C(F)(F)C(F)(F)C(F)(F)F. The molecule has 28 heavy (non-hydrogen) atoms. The second-order valence-corrected chi connectivity index (χ2v) is 5.36. The summed E-state index contributed by atoms with van der Waals surface area (Å²) in [7, 11) is 0. The van der Waals surface area contributed by atoms with Crippen molar-refractivity contribution in [3.05, 3.63) is 12.7 Å². The van der Waals surface area contributed by atoms with Gasteiger partial charge in [-0.05, 0) is 6.42 Å². The van der Waals surface area contributed by atoms with Crippen molar-refractivity contribution in [2.45, 2.75) is 49.1 Å². The van der Waals surface area contributed by atoms with E-state index in [4.69, 9.17) is 0 Å². The van der Waals surface area contributed by atoms with Crippen molar-refractivity contribution in [2.24, 2.45) is 5.92 Å². The van der Waals surface area contributed by atoms with Crippen LogP contribution in [-0.4, -0.2) is 48.4 Å². The summed E-state index contributed by atoms with van der Waals surface area (Å²) < 4.78 is 173. The van der Waals surface area contributed by atoms with Crippen LogP contribution in [0.1, 0.15) is 13.3 Å². The molecule has 2 nitrogen and oxygen atoms in total. The number of carbonyl (C=O) groups excluding carboxylic acids is 1. The number of rotatable bonds is 9. The minimum atomic E-state index is -7.96. The molecule has 1 atom stereocenters. The van der Waals surface area contributed by atoms with Crippen LogP contribution in [0.15, 0.2) is 12.7 Å². The van der Waals surface area contributed by atoms with Crippen molar-refractivity contribution in [1.29, 1.82) is 0 Å². The zero-order chi connectivity index (χ0) is 23.0. The Hall–Kier alpha value is -1.70. The number of ether oxygens (including phenoxy) is 1. The van der Waals surface area contributed by atoms with Crippen LogP contribution in [0, 0.1) is 5.92 Å². The van der Waals surface area contributed by atoms with Crippen molar-refractivity contribution in [1.82, 2.24) is 0 Å². The van der Waals surface area contributed by atoms with Gasteiger partial charge in [-0.3, -0.25) is 0 Å². The van der Waals surface area contributed by atoms with Gasteiger partial charge in [0.1, 0.15) is 6.61 Å². The molecule has 0 saturated carbocycles. The molecule has 1 unspecified atom stereocenters. The molecule has 15 heteroatoms. The van der Waals surface area contributed by atoms with Gasteiger partial charge in [-0.25, -0.2) is 4.79 Å². The van der Waals surface area contributed by atoms with Gasteiger partial charge in [0.05, 0.1) is 5.92 Å². The predicted octanol–water partition coefficient (Wildman–Crippen LogP) is 5.48. The Kier molecular flexibility index (Phi) is 7.15. The Balaban J connectivity index is 6.22. The quantitative estimate of drug-likeness (QED) is 0.267. The molecule has 0 fully saturated rings. The first-order valence-corrected chi connectivity index (χ1v) is 6.91. The summed E-state index contributed by atoms with van der Waals surface area (Å²) in [5.41, 5.74) is 0. The highest BCUT2D eigenvalue weighted by Gasteiger charge is 2.91. The highest BCUT2D eigenvalue weighted by Crippen LogP contribution is 2.61. The van der Waals surface area contributed by atoms with Crippen molar-refractivity contribution in [3.8, 4) is 0 Å². The lowest BCUT2D eigenvalue weighted by Gasteiger charge is -2.41. The van der Waals surface area contributed by atoms with E-state index >= 15 is 0 Å². The summed E-state index contributed by atoms with van der Waals surface area (Å²) >= 11 is 0. The highest BCUT2D eigenvalue weighted by molar-refractivity contribution is 5.81. The molecule has 0 spiro atoms. The largest absolute Gasteiger partial charge is 0.462 e. The number of alkyl halides is 13. The van der Waals surface area contributed by atoms with Crippen molar-refractivity contribution in [2.75, 3.05) is 6.61 Å². The van der Waals surface area contributed by atoms with E-state index in [2.05, 4.69) is 11.3 Å². The fourth-order valence-corrected chi connectivity index (χ4v) is 1.76. The standard InChI is InChI=1S/C13H11F13O2/c1-3-6(5-28-7(27)4-2)8(14,15)9(16,17)10(18,19)11(20,21)12(22,23)13(24,25)26/h4,6H,2-3,5H2,1H3. The van der Waals surface area contributed by atoms with Crippen LogP contribution in [-0.2, 0) is 9.53 Å². The monoisotopic (exact) mass is 446 g/mol. The van der Waals surface area contributed by atoms with Crippen LogP contribution in [0.3, 0.4) is 0 Å². The average Bonchev–Trinajstić information content (AvgIpc) is 2.52. The van der Waals surface area contributed by atoms with Crippen LogP contribution in [0.2, 0.25) is 0 Å². The second kappa shape index (κ2) is 7.61. The van der Waals surface area contributed by atoms with Gasteiger partial charge < -0.3 is 4.74 Å². The lowest BCUT2D eigenvalue weighted by molar-refractivity contribution is -0.443. The molecule has 0 bridgehead atoms. The summed E-state index contributed by atoms with van der Waals surface area (Å²) in [6.07, 6.45) is -8.38. The lowest BCUT2D eigenvalue weighted by Crippen LogP contribution is -2.71. The summed E-state index contributed by atoms with van der Waals surface area (Å²) in [4.78, 5) is 10.7. The Morgan fingerprint density at radius 1 is 0.821 bits per heavy atom. The van der Waals surface area contributed by atoms with Gasteiger partial charge in [0.25, 0.3) is 0 Å². The van der Waals surface area contributed by atoms with Crippen LogP contribution in [0.5, 0.6) is 0 Å². The van der Waals surface area contributed by atoms with Crippen molar-refractivity contribution >= 4 is 5.97 Å². The van der Waals surface area contributed by atoms with Gasteiger partial charge in [-0.1, -0.05) is 13.5 Å². The van der Waals surface area contributed by atoms with E-state index < -0.39 is 60.7 Å². The molecule has 0 aromatic carbocycles. The summed E-state index contributed by atoms with van der Waals surface area (Å²) in [5.74, 6) is -42.0. The van der Waals surface area contributed by atoms with Gasteiger partial charge in [0, 0.05) is 6.08 Å². The molecule has 0 saturated heterocycles. The molecule has 0 aliphatic rings. The third-order valence-corrected chi connectivity index (χ3v) is 3.56. The number of hydrogen-bond acceptors (Lipinski definition) is 2. The molecular weight excluding hydrogens is 435 g/mol. The Labute approximate surface area is 148 Å². The average molecular weight is 446 g/mol. The van der Waals surface area contributed by atoms with Crippen LogP contribution < -0.4 is 0 Å². The number of hydrogen-bond donors (Lipinski definition) is 0. The number of esters is 1. The van der Waals surface area contributed by atoms with Gasteiger partial charge in [0.15, 0.2) is 0 Å². The van der Waals surface area contributed by atoms with E-state index in [9.17, 15) is 61.9 Å².